The Morgan fingerprint density at radius 2 is 2.26 bits per heavy atom. The Balaban J connectivity index is 1.83. The molecule has 0 aliphatic carbocycles. The van der Waals surface area contributed by atoms with E-state index < -0.39 is 0 Å². The van der Waals surface area contributed by atoms with Crippen molar-refractivity contribution in [1.29, 1.82) is 5.26 Å². The van der Waals surface area contributed by atoms with Crippen molar-refractivity contribution in [2.75, 3.05) is 24.6 Å². The highest BCUT2D eigenvalue weighted by atomic mass is 35.5. The summed E-state index contributed by atoms with van der Waals surface area (Å²) in [5.74, 6) is 0.924. The molecule has 0 bridgehead atoms. The normalized spacial score (nSPS) is 14.3. The highest BCUT2D eigenvalue weighted by molar-refractivity contribution is 7.10. The number of aromatic nitrogens is 1. The van der Waals surface area contributed by atoms with Crippen molar-refractivity contribution in [3.8, 4) is 11.8 Å². The fraction of sp³-hybridized carbons (Fsp3) is 0.294. The number of benzene rings is 1. The number of nitrogens with zero attached hydrogens (tertiary/aromatic N) is 3. The molecule has 0 saturated heterocycles. The molecule has 1 aromatic heterocycles. The molecule has 0 N–H and O–H groups in total. The molecule has 0 saturated carbocycles. The molecular weight excluding hydrogens is 330 g/mol. The number of halogens is 1. The van der Waals surface area contributed by atoms with Gasteiger partial charge in [-0.05, 0) is 36.5 Å². The lowest BCUT2D eigenvalue weighted by Crippen LogP contribution is -2.28. The molecule has 0 spiro atoms. The van der Waals surface area contributed by atoms with Crippen molar-refractivity contribution >= 4 is 33.7 Å². The third kappa shape index (κ3) is 3.19. The monoisotopic (exact) mass is 345 g/mol. The number of ether oxygens (including phenoxy) is 1. The van der Waals surface area contributed by atoms with E-state index >= 15 is 0 Å². The van der Waals surface area contributed by atoms with Crippen LogP contribution in [0.3, 0.4) is 0 Å². The van der Waals surface area contributed by atoms with Crippen LogP contribution in [0.15, 0.2) is 30.3 Å². The first kappa shape index (κ1) is 15.9. The quantitative estimate of drug-likeness (QED) is 0.826. The molecule has 23 heavy (non-hydrogen) atoms. The highest BCUT2D eigenvalue weighted by Gasteiger charge is 2.21. The van der Waals surface area contributed by atoms with Crippen LogP contribution in [-0.2, 0) is 0 Å². The van der Waals surface area contributed by atoms with Crippen molar-refractivity contribution in [1.82, 2.24) is 4.37 Å². The van der Waals surface area contributed by atoms with E-state index in [9.17, 15) is 5.26 Å². The summed E-state index contributed by atoms with van der Waals surface area (Å²) in [5, 5.41) is 10.4. The maximum atomic E-state index is 9.22. The topological polar surface area (TPSA) is 49.1 Å². The van der Waals surface area contributed by atoms with Gasteiger partial charge in [-0.1, -0.05) is 35.9 Å². The highest BCUT2D eigenvalue weighted by Crippen LogP contribution is 2.35. The Hall–Kier alpha value is -2.03. The molecule has 6 heteroatoms. The van der Waals surface area contributed by atoms with Gasteiger partial charge in [0.25, 0.3) is 0 Å². The summed E-state index contributed by atoms with van der Waals surface area (Å²) in [7, 11) is 0. The van der Waals surface area contributed by atoms with E-state index in [0.29, 0.717) is 17.3 Å². The summed E-state index contributed by atoms with van der Waals surface area (Å²) in [5.41, 5.74) is 2.90. The lowest BCUT2D eigenvalue weighted by molar-refractivity contribution is 0.339. The van der Waals surface area contributed by atoms with Crippen LogP contribution >= 0.6 is 23.1 Å². The predicted molar refractivity (Wildman–Crippen MR) is 94.3 cm³/mol. The molecule has 0 atom stereocenters. The Labute approximate surface area is 144 Å². The predicted octanol–water partition coefficient (Wildman–Crippen LogP) is 4.36. The summed E-state index contributed by atoms with van der Waals surface area (Å²) in [6.45, 7) is 4.22. The molecule has 1 aromatic carbocycles. The summed E-state index contributed by atoms with van der Waals surface area (Å²) in [6, 6.07) is 10.3. The van der Waals surface area contributed by atoms with Crippen LogP contribution in [0.4, 0.5) is 5.00 Å². The minimum atomic E-state index is 0.295. The van der Waals surface area contributed by atoms with Crippen LogP contribution in [0.5, 0.6) is 5.75 Å². The minimum Gasteiger partial charge on any atom is -0.493 e. The Kier molecular flexibility index (Phi) is 4.85. The lowest BCUT2D eigenvalue weighted by Gasteiger charge is -2.27. The summed E-state index contributed by atoms with van der Waals surface area (Å²) in [4.78, 5) is 2.15. The van der Waals surface area contributed by atoms with Crippen molar-refractivity contribution < 1.29 is 4.74 Å². The molecule has 0 fully saturated rings. The van der Waals surface area contributed by atoms with Gasteiger partial charge in [0.05, 0.1) is 6.61 Å². The van der Waals surface area contributed by atoms with E-state index in [-0.39, 0.29) is 0 Å². The Bertz CT molecular complexity index is 778. The van der Waals surface area contributed by atoms with Crippen molar-refractivity contribution in [2.45, 2.75) is 13.3 Å². The van der Waals surface area contributed by atoms with Gasteiger partial charge >= 0.3 is 0 Å². The SMILES string of the molecule is CCOc1ccccc1C1=CCN(c2snc(Cl)c2C#N)CC1. The zero-order valence-electron chi connectivity index (χ0n) is 12.8. The lowest BCUT2D eigenvalue weighted by atomic mass is 9.98. The van der Waals surface area contributed by atoms with Crippen molar-refractivity contribution in [3.05, 3.63) is 46.6 Å². The number of anilines is 1. The van der Waals surface area contributed by atoms with Crippen molar-refractivity contribution in [3.63, 3.8) is 0 Å². The van der Waals surface area contributed by atoms with E-state index in [4.69, 9.17) is 16.3 Å². The number of rotatable bonds is 4. The summed E-state index contributed by atoms with van der Waals surface area (Å²) >= 11 is 7.25. The first-order chi connectivity index (χ1) is 11.2. The summed E-state index contributed by atoms with van der Waals surface area (Å²) < 4.78 is 9.80. The van der Waals surface area contributed by atoms with Gasteiger partial charge < -0.3 is 9.64 Å². The van der Waals surface area contributed by atoms with Crippen molar-refractivity contribution in [2.24, 2.45) is 0 Å². The molecule has 2 aromatic rings. The fourth-order valence-corrected chi connectivity index (χ4v) is 3.75. The van der Waals surface area contributed by atoms with Gasteiger partial charge in [0.1, 0.15) is 22.4 Å². The first-order valence-electron chi connectivity index (χ1n) is 7.46. The van der Waals surface area contributed by atoms with Crippen LogP contribution < -0.4 is 9.64 Å². The number of nitriles is 1. The van der Waals surface area contributed by atoms with E-state index in [0.717, 1.165) is 35.8 Å². The smallest absolute Gasteiger partial charge is 0.162 e. The molecule has 2 heterocycles. The zero-order valence-corrected chi connectivity index (χ0v) is 14.3. The maximum absolute atomic E-state index is 9.22. The van der Waals surface area contributed by atoms with Gasteiger partial charge in [-0.2, -0.15) is 9.64 Å². The van der Waals surface area contributed by atoms with E-state index in [2.05, 4.69) is 27.5 Å². The maximum Gasteiger partial charge on any atom is 0.162 e. The number of para-hydroxylation sites is 1. The van der Waals surface area contributed by atoms with Crippen LogP contribution in [0, 0.1) is 11.3 Å². The van der Waals surface area contributed by atoms with Gasteiger partial charge in [-0.3, -0.25) is 0 Å². The molecule has 0 unspecified atom stereocenters. The first-order valence-corrected chi connectivity index (χ1v) is 8.61. The van der Waals surface area contributed by atoms with Gasteiger partial charge in [0.15, 0.2) is 5.15 Å². The zero-order chi connectivity index (χ0) is 16.2. The van der Waals surface area contributed by atoms with Gasteiger partial charge in [-0.15, -0.1) is 0 Å². The van der Waals surface area contributed by atoms with Gasteiger partial charge in [0.2, 0.25) is 0 Å². The molecule has 3 rings (SSSR count). The standard InChI is InChI=1S/C17H16ClN3OS/c1-2-22-15-6-4-3-5-13(15)12-7-9-21(10-8-12)17-14(11-19)16(18)20-23-17/h3-7H,2,8-10H2,1H3. The molecule has 1 aliphatic heterocycles. The van der Waals surface area contributed by atoms with Crippen LogP contribution in [0.1, 0.15) is 24.5 Å². The number of hydrogen-bond donors (Lipinski definition) is 0. The second-order valence-corrected chi connectivity index (χ2v) is 6.23. The second-order valence-electron chi connectivity index (χ2n) is 5.12. The summed E-state index contributed by atoms with van der Waals surface area (Å²) in [6.07, 6.45) is 3.08. The third-order valence-electron chi connectivity index (χ3n) is 3.77. The molecule has 4 nitrogen and oxygen atoms in total. The van der Waals surface area contributed by atoms with E-state index in [1.54, 1.807) is 0 Å². The van der Waals surface area contributed by atoms with E-state index in [1.165, 1.54) is 17.1 Å². The molecule has 0 radical (unpaired) electrons. The average molecular weight is 346 g/mol. The van der Waals surface area contributed by atoms with Crippen LogP contribution in [-0.4, -0.2) is 24.1 Å². The average Bonchev–Trinajstić information content (AvgIpc) is 2.96. The molecular formula is C17H16ClN3OS. The Morgan fingerprint density at radius 1 is 1.43 bits per heavy atom. The van der Waals surface area contributed by atoms with E-state index in [1.807, 2.05) is 25.1 Å². The second kappa shape index (κ2) is 7.03. The molecule has 0 amide bonds. The van der Waals surface area contributed by atoms with Crippen LogP contribution in [0.2, 0.25) is 5.15 Å². The molecule has 118 valence electrons. The minimum absolute atomic E-state index is 0.295. The van der Waals surface area contributed by atoms with Gasteiger partial charge in [0, 0.05) is 18.7 Å². The largest absolute Gasteiger partial charge is 0.493 e. The third-order valence-corrected chi connectivity index (χ3v) is 5.06. The number of hydrogen-bond acceptors (Lipinski definition) is 5. The molecule has 1 aliphatic rings. The van der Waals surface area contributed by atoms with Crippen LogP contribution in [0.25, 0.3) is 5.57 Å². The fourth-order valence-electron chi connectivity index (χ4n) is 2.68. The Morgan fingerprint density at radius 3 is 2.96 bits per heavy atom. The van der Waals surface area contributed by atoms with Gasteiger partial charge in [-0.25, -0.2) is 0 Å².